The van der Waals surface area contributed by atoms with E-state index in [1.54, 1.807) is 0 Å². The van der Waals surface area contributed by atoms with Gasteiger partial charge in [-0.3, -0.25) is 0 Å². The second kappa shape index (κ2) is 4.33. The molecule has 0 nitrogen and oxygen atoms in total. The van der Waals surface area contributed by atoms with Gasteiger partial charge >= 0.3 is 0 Å². The summed E-state index contributed by atoms with van der Waals surface area (Å²) in [6.45, 7) is 0. The molecule has 0 fully saturated rings. The fraction of sp³-hybridized carbons (Fsp3) is 0.250. The van der Waals surface area contributed by atoms with Crippen LogP contribution in [0.1, 0.15) is 10.8 Å². The molecule has 0 aliphatic heterocycles. The quantitative estimate of drug-likeness (QED) is 0.604. The fourth-order valence-corrected chi connectivity index (χ4v) is 1.33. The van der Waals surface area contributed by atoms with E-state index in [9.17, 15) is 0 Å². The van der Waals surface area contributed by atoms with Gasteiger partial charge in [-0.25, -0.2) is 0 Å². The second-order valence-corrected chi connectivity index (χ2v) is 3.79. The van der Waals surface area contributed by atoms with E-state index in [4.69, 9.17) is 0 Å². The lowest BCUT2D eigenvalue weighted by molar-refractivity contribution is 1.13. The van der Waals surface area contributed by atoms with Crippen LogP contribution in [0.5, 0.6) is 0 Å². The van der Waals surface area contributed by atoms with Crippen LogP contribution in [-0.2, 0) is 0 Å². The molecule has 0 aliphatic carbocycles. The van der Waals surface area contributed by atoms with Crippen molar-refractivity contribution in [3.8, 4) is 0 Å². The van der Waals surface area contributed by atoms with Crippen LogP contribution in [-0.4, -0.2) is 5.75 Å². The minimum absolute atomic E-state index is 0.229. The van der Waals surface area contributed by atoms with Crippen molar-refractivity contribution in [1.82, 2.24) is 0 Å². The van der Waals surface area contributed by atoms with Gasteiger partial charge < -0.3 is 0 Å². The highest BCUT2D eigenvalue weighted by Gasteiger charge is 2.01. The van der Waals surface area contributed by atoms with E-state index in [2.05, 4.69) is 37.9 Å². The van der Waals surface area contributed by atoms with Crippen molar-refractivity contribution in [3.05, 3.63) is 29.8 Å². The summed E-state index contributed by atoms with van der Waals surface area (Å²) in [4.78, 5) is 0.980. The first-order valence-electron chi connectivity index (χ1n) is 3.32. The molecule has 0 amide bonds. The molecule has 0 radical (unpaired) electrons. The number of hydrogen-bond donors (Lipinski definition) is 3. The van der Waals surface area contributed by atoms with Crippen molar-refractivity contribution in [2.24, 2.45) is 0 Å². The van der Waals surface area contributed by atoms with Crippen LogP contribution in [0.2, 0.25) is 0 Å². The minimum atomic E-state index is 0.229. The Bertz CT molecular complexity index is 217. The van der Waals surface area contributed by atoms with Gasteiger partial charge in [-0.15, -0.1) is 12.6 Å². The smallest absolute Gasteiger partial charge is 0.0355 e. The van der Waals surface area contributed by atoms with Crippen LogP contribution in [0.15, 0.2) is 29.2 Å². The average molecular weight is 202 g/mol. The fourth-order valence-electron chi connectivity index (χ4n) is 0.802. The van der Waals surface area contributed by atoms with Crippen LogP contribution in [0.4, 0.5) is 0 Å². The van der Waals surface area contributed by atoms with Crippen molar-refractivity contribution in [1.29, 1.82) is 0 Å². The number of benzene rings is 1. The zero-order valence-corrected chi connectivity index (χ0v) is 8.62. The standard InChI is InChI=1S/C8H10S3/c9-5-8(11)6-1-3-7(10)4-2-6/h1-4,8-11H,5H2. The summed E-state index contributed by atoms with van der Waals surface area (Å²) < 4.78 is 0. The molecule has 1 rings (SSSR count). The molecular weight excluding hydrogens is 192 g/mol. The second-order valence-electron chi connectivity index (χ2n) is 2.29. The number of rotatable bonds is 2. The van der Waals surface area contributed by atoms with Crippen molar-refractivity contribution >= 4 is 37.9 Å². The molecule has 0 spiro atoms. The largest absolute Gasteiger partial charge is 0.178 e. The molecule has 0 N–H and O–H groups in total. The maximum absolute atomic E-state index is 4.35. The summed E-state index contributed by atoms with van der Waals surface area (Å²) in [5, 5.41) is 0.229. The lowest BCUT2D eigenvalue weighted by Crippen LogP contribution is -1.90. The highest BCUT2D eigenvalue weighted by atomic mass is 32.1. The van der Waals surface area contributed by atoms with Crippen LogP contribution < -0.4 is 0 Å². The van der Waals surface area contributed by atoms with Gasteiger partial charge in [0.15, 0.2) is 0 Å². The van der Waals surface area contributed by atoms with Gasteiger partial charge in [0.1, 0.15) is 0 Å². The van der Waals surface area contributed by atoms with Gasteiger partial charge in [-0.2, -0.15) is 25.3 Å². The normalized spacial score (nSPS) is 13.0. The molecule has 1 aromatic carbocycles. The Morgan fingerprint density at radius 3 is 2.18 bits per heavy atom. The third-order valence-corrected chi connectivity index (χ3v) is 2.88. The first kappa shape index (κ1) is 9.36. The maximum atomic E-state index is 4.35. The first-order chi connectivity index (χ1) is 5.24. The van der Waals surface area contributed by atoms with E-state index in [0.29, 0.717) is 0 Å². The van der Waals surface area contributed by atoms with Crippen molar-refractivity contribution in [2.45, 2.75) is 10.1 Å². The summed E-state index contributed by atoms with van der Waals surface area (Å²) >= 11 is 12.7. The van der Waals surface area contributed by atoms with Gasteiger partial charge in [0.25, 0.3) is 0 Å². The molecule has 0 aromatic heterocycles. The molecule has 0 aliphatic rings. The van der Waals surface area contributed by atoms with Crippen molar-refractivity contribution in [3.63, 3.8) is 0 Å². The zero-order chi connectivity index (χ0) is 8.27. The molecular formula is C8H10S3. The maximum Gasteiger partial charge on any atom is 0.0355 e. The summed E-state index contributed by atoms with van der Waals surface area (Å²) in [6, 6.07) is 7.97. The minimum Gasteiger partial charge on any atom is -0.178 e. The van der Waals surface area contributed by atoms with Crippen LogP contribution in [0.3, 0.4) is 0 Å². The molecule has 3 heteroatoms. The predicted molar refractivity (Wildman–Crippen MR) is 59.3 cm³/mol. The SMILES string of the molecule is SCC(S)c1ccc(S)cc1. The molecule has 0 saturated carbocycles. The summed E-state index contributed by atoms with van der Waals surface area (Å²) in [5.41, 5.74) is 1.20. The molecule has 1 atom stereocenters. The molecule has 60 valence electrons. The van der Waals surface area contributed by atoms with Crippen molar-refractivity contribution in [2.75, 3.05) is 5.75 Å². The molecule has 0 saturated heterocycles. The van der Waals surface area contributed by atoms with Crippen LogP contribution >= 0.6 is 37.9 Å². The summed E-state index contributed by atoms with van der Waals surface area (Å²) in [7, 11) is 0. The van der Waals surface area contributed by atoms with Gasteiger partial charge in [0.05, 0.1) is 0 Å². The Labute approximate surface area is 83.6 Å². The van der Waals surface area contributed by atoms with Gasteiger partial charge in [0, 0.05) is 15.9 Å². The molecule has 1 aromatic rings. The molecule has 0 bridgehead atoms. The highest BCUT2D eigenvalue weighted by molar-refractivity contribution is 7.84. The van der Waals surface area contributed by atoms with E-state index < -0.39 is 0 Å². The third-order valence-electron chi connectivity index (χ3n) is 1.45. The monoisotopic (exact) mass is 202 g/mol. The summed E-state index contributed by atoms with van der Waals surface area (Å²) in [6.07, 6.45) is 0. The van der Waals surface area contributed by atoms with Crippen LogP contribution in [0, 0.1) is 0 Å². The van der Waals surface area contributed by atoms with Crippen molar-refractivity contribution < 1.29 is 0 Å². The van der Waals surface area contributed by atoms with Gasteiger partial charge in [-0.1, -0.05) is 12.1 Å². The summed E-state index contributed by atoms with van der Waals surface area (Å²) in [5.74, 6) is 0.759. The third kappa shape index (κ3) is 2.65. The van der Waals surface area contributed by atoms with E-state index in [1.165, 1.54) is 5.56 Å². The Kier molecular flexibility index (Phi) is 3.69. The Hall–Kier alpha value is 0.270. The Balaban J connectivity index is 2.81. The Morgan fingerprint density at radius 2 is 1.73 bits per heavy atom. The topological polar surface area (TPSA) is 0 Å². The highest BCUT2D eigenvalue weighted by Crippen LogP contribution is 2.21. The lowest BCUT2D eigenvalue weighted by atomic mass is 10.2. The lowest BCUT2D eigenvalue weighted by Gasteiger charge is -2.06. The predicted octanol–water partition coefficient (Wildman–Crippen LogP) is 2.88. The Morgan fingerprint density at radius 1 is 1.18 bits per heavy atom. The number of hydrogen-bond acceptors (Lipinski definition) is 3. The average Bonchev–Trinajstić information content (AvgIpc) is 2.05. The molecule has 1 unspecified atom stereocenters. The zero-order valence-electron chi connectivity index (χ0n) is 5.94. The van der Waals surface area contributed by atoms with E-state index in [1.807, 2.05) is 24.3 Å². The molecule has 0 heterocycles. The van der Waals surface area contributed by atoms with Gasteiger partial charge in [0.2, 0.25) is 0 Å². The first-order valence-corrected chi connectivity index (χ1v) is 4.91. The van der Waals surface area contributed by atoms with E-state index in [-0.39, 0.29) is 5.25 Å². The van der Waals surface area contributed by atoms with Gasteiger partial charge in [-0.05, 0) is 17.7 Å². The number of thiol groups is 3. The van der Waals surface area contributed by atoms with Crippen LogP contribution in [0.25, 0.3) is 0 Å². The van der Waals surface area contributed by atoms with E-state index in [0.717, 1.165) is 10.6 Å². The molecule has 11 heavy (non-hydrogen) atoms. The van der Waals surface area contributed by atoms with E-state index >= 15 is 0 Å².